The molecule has 3 rings (SSSR count). The highest BCUT2D eigenvalue weighted by Crippen LogP contribution is 2.39. The van der Waals surface area contributed by atoms with Gasteiger partial charge in [0, 0.05) is 23.3 Å². The standard InChI is InChI=1S/C21H18ClNO6S/c1-28-19-10-16(14-5-3-4-13(8-14)12-24)21(11-20(19)29-2)30(26,27)23-15-6-7-17(22)18(25)9-15/h3-12,23,25H,1-2H3. The molecule has 0 saturated heterocycles. The number of carbonyl (C=O) groups is 1. The molecule has 0 heterocycles. The maximum Gasteiger partial charge on any atom is 0.262 e. The zero-order valence-electron chi connectivity index (χ0n) is 16.0. The second-order valence-corrected chi connectivity index (χ2v) is 8.28. The van der Waals surface area contributed by atoms with Crippen molar-refractivity contribution in [2.24, 2.45) is 0 Å². The van der Waals surface area contributed by atoms with Crippen LogP contribution in [0.15, 0.2) is 59.5 Å². The third-order valence-corrected chi connectivity index (χ3v) is 6.05. The first-order valence-electron chi connectivity index (χ1n) is 8.62. The number of phenols is 1. The minimum absolute atomic E-state index is 0.0930. The van der Waals surface area contributed by atoms with Crippen LogP contribution in [-0.4, -0.2) is 34.0 Å². The van der Waals surface area contributed by atoms with Crippen molar-refractivity contribution in [3.63, 3.8) is 0 Å². The molecular weight excluding hydrogens is 430 g/mol. The van der Waals surface area contributed by atoms with Gasteiger partial charge in [0.2, 0.25) is 0 Å². The first-order chi connectivity index (χ1) is 14.3. The Morgan fingerprint density at radius 3 is 2.33 bits per heavy atom. The minimum atomic E-state index is -4.13. The van der Waals surface area contributed by atoms with Gasteiger partial charge >= 0.3 is 0 Å². The average Bonchev–Trinajstić information content (AvgIpc) is 2.75. The fourth-order valence-corrected chi connectivity index (χ4v) is 4.27. The van der Waals surface area contributed by atoms with Crippen molar-refractivity contribution in [3.8, 4) is 28.4 Å². The van der Waals surface area contributed by atoms with Gasteiger partial charge in [0.1, 0.15) is 12.0 Å². The summed E-state index contributed by atoms with van der Waals surface area (Å²) in [7, 11) is -1.30. The van der Waals surface area contributed by atoms with Gasteiger partial charge in [-0.1, -0.05) is 29.8 Å². The predicted octanol–water partition coefficient (Wildman–Crippen LogP) is 4.34. The summed E-state index contributed by atoms with van der Waals surface area (Å²) in [5, 5.41) is 9.86. The lowest BCUT2D eigenvalue weighted by molar-refractivity contribution is 0.112. The van der Waals surface area contributed by atoms with Crippen LogP contribution in [0.1, 0.15) is 10.4 Å². The number of hydrogen-bond acceptors (Lipinski definition) is 6. The quantitative estimate of drug-likeness (QED) is 0.522. The highest BCUT2D eigenvalue weighted by Gasteiger charge is 2.24. The van der Waals surface area contributed by atoms with Crippen molar-refractivity contribution in [1.29, 1.82) is 0 Å². The SMILES string of the molecule is COc1cc(-c2cccc(C=O)c2)c(S(=O)(=O)Nc2ccc(Cl)c(O)c2)cc1OC. The number of rotatable bonds is 7. The Morgan fingerprint density at radius 1 is 1.00 bits per heavy atom. The minimum Gasteiger partial charge on any atom is -0.506 e. The maximum absolute atomic E-state index is 13.2. The predicted molar refractivity (Wildman–Crippen MR) is 114 cm³/mol. The Balaban J connectivity index is 2.20. The van der Waals surface area contributed by atoms with E-state index >= 15 is 0 Å². The molecule has 0 radical (unpaired) electrons. The number of anilines is 1. The fraction of sp³-hybridized carbons (Fsp3) is 0.0952. The van der Waals surface area contributed by atoms with Gasteiger partial charge < -0.3 is 14.6 Å². The zero-order chi connectivity index (χ0) is 21.9. The monoisotopic (exact) mass is 447 g/mol. The van der Waals surface area contributed by atoms with Gasteiger partial charge in [0.15, 0.2) is 11.5 Å². The van der Waals surface area contributed by atoms with E-state index in [1.807, 2.05) is 0 Å². The number of hydrogen-bond donors (Lipinski definition) is 2. The lowest BCUT2D eigenvalue weighted by atomic mass is 10.0. The molecule has 0 bridgehead atoms. The third kappa shape index (κ3) is 4.34. The number of sulfonamides is 1. The Kier molecular flexibility index (Phi) is 6.19. The van der Waals surface area contributed by atoms with Crippen LogP contribution in [0.25, 0.3) is 11.1 Å². The third-order valence-electron chi connectivity index (χ3n) is 4.31. The van der Waals surface area contributed by atoms with Crippen LogP contribution >= 0.6 is 11.6 Å². The molecule has 3 aromatic carbocycles. The Hall–Kier alpha value is -3.23. The molecule has 0 spiro atoms. The molecule has 0 aliphatic heterocycles. The molecule has 0 fully saturated rings. The van der Waals surface area contributed by atoms with E-state index in [1.54, 1.807) is 24.3 Å². The molecule has 0 saturated carbocycles. The molecule has 0 atom stereocenters. The largest absolute Gasteiger partial charge is 0.506 e. The zero-order valence-corrected chi connectivity index (χ0v) is 17.6. The number of methoxy groups -OCH3 is 2. The van der Waals surface area contributed by atoms with Crippen molar-refractivity contribution in [1.82, 2.24) is 0 Å². The van der Waals surface area contributed by atoms with Gasteiger partial charge in [-0.25, -0.2) is 8.42 Å². The van der Waals surface area contributed by atoms with Crippen LogP contribution in [0, 0.1) is 0 Å². The molecule has 2 N–H and O–H groups in total. The Morgan fingerprint density at radius 2 is 1.70 bits per heavy atom. The van der Waals surface area contributed by atoms with Crippen molar-refractivity contribution < 1.29 is 27.8 Å². The summed E-state index contributed by atoms with van der Waals surface area (Å²) in [6.07, 6.45) is 0.674. The van der Waals surface area contributed by atoms with Crippen LogP contribution in [0.2, 0.25) is 5.02 Å². The van der Waals surface area contributed by atoms with Gasteiger partial charge in [0.05, 0.1) is 29.8 Å². The highest BCUT2D eigenvalue weighted by molar-refractivity contribution is 7.92. The van der Waals surface area contributed by atoms with Gasteiger partial charge in [-0.2, -0.15) is 0 Å². The van der Waals surface area contributed by atoms with Crippen molar-refractivity contribution >= 4 is 33.6 Å². The molecule has 9 heteroatoms. The maximum atomic E-state index is 13.2. The lowest BCUT2D eigenvalue weighted by Crippen LogP contribution is -2.14. The molecule has 156 valence electrons. The lowest BCUT2D eigenvalue weighted by Gasteiger charge is -2.17. The van der Waals surface area contributed by atoms with E-state index in [0.29, 0.717) is 28.7 Å². The molecule has 0 aliphatic rings. The summed E-state index contributed by atoms with van der Waals surface area (Å²) >= 11 is 5.79. The number of nitrogens with one attached hydrogen (secondary N) is 1. The molecule has 30 heavy (non-hydrogen) atoms. The number of phenolic OH excluding ortho intramolecular Hbond substituents is 1. The molecular formula is C21H18ClNO6S. The van der Waals surface area contributed by atoms with Crippen LogP contribution in [0.5, 0.6) is 17.2 Å². The average molecular weight is 448 g/mol. The highest BCUT2D eigenvalue weighted by atomic mass is 35.5. The van der Waals surface area contributed by atoms with Crippen LogP contribution in [-0.2, 0) is 10.0 Å². The second-order valence-electron chi connectivity index (χ2n) is 6.22. The number of aldehydes is 1. The summed E-state index contributed by atoms with van der Waals surface area (Å²) < 4.78 is 39.4. The van der Waals surface area contributed by atoms with Crippen LogP contribution in [0.4, 0.5) is 5.69 Å². The normalized spacial score (nSPS) is 11.0. The summed E-state index contributed by atoms with van der Waals surface area (Å²) in [6, 6.07) is 13.4. The first kappa shape index (κ1) is 21.5. The van der Waals surface area contributed by atoms with Crippen LogP contribution < -0.4 is 14.2 Å². The van der Waals surface area contributed by atoms with E-state index in [9.17, 15) is 18.3 Å². The van der Waals surface area contributed by atoms with Gasteiger partial charge in [0.25, 0.3) is 10.0 Å². The first-order valence-corrected chi connectivity index (χ1v) is 10.5. The molecule has 0 aromatic heterocycles. The topological polar surface area (TPSA) is 102 Å². The van der Waals surface area contributed by atoms with Crippen LogP contribution in [0.3, 0.4) is 0 Å². The van der Waals surface area contributed by atoms with Gasteiger partial charge in [-0.15, -0.1) is 0 Å². The Bertz CT molecular complexity index is 1210. The van der Waals surface area contributed by atoms with Crippen molar-refractivity contribution in [3.05, 3.63) is 65.2 Å². The number of aromatic hydroxyl groups is 1. The van der Waals surface area contributed by atoms with E-state index in [1.165, 1.54) is 44.6 Å². The molecule has 3 aromatic rings. The van der Waals surface area contributed by atoms with E-state index < -0.39 is 10.0 Å². The van der Waals surface area contributed by atoms with E-state index in [0.717, 1.165) is 0 Å². The van der Waals surface area contributed by atoms with Gasteiger partial charge in [-0.3, -0.25) is 9.52 Å². The van der Waals surface area contributed by atoms with E-state index in [4.69, 9.17) is 21.1 Å². The van der Waals surface area contributed by atoms with Crippen molar-refractivity contribution in [2.75, 3.05) is 18.9 Å². The summed E-state index contributed by atoms with van der Waals surface area (Å²) in [5.74, 6) is 0.280. The summed E-state index contributed by atoms with van der Waals surface area (Å²) in [6.45, 7) is 0. The van der Waals surface area contributed by atoms with Gasteiger partial charge in [-0.05, 0) is 29.8 Å². The number of ether oxygens (including phenoxy) is 2. The molecule has 0 aliphatic carbocycles. The van der Waals surface area contributed by atoms with Crippen molar-refractivity contribution in [2.45, 2.75) is 4.90 Å². The van der Waals surface area contributed by atoms with E-state index in [-0.39, 0.29) is 27.1 Å². The molecule has 0 unspecified atom stereocenters. The second kappa shape index (κ2) is 8.64. The number of carbonyl (C=O) groups excluding carboxylic acids is 1. The number of benzene rings is 3. The molecule has 0 amide bonds. The fourth-order valence-electron chi connectivity index (χ4n) is 2.87. The number of halogens is 1. The smallest absolute Gasteiger partial charge is 0.262 e. The van der Waals surface area contributed by atoms with E-state index in [2.05, 4.69) is 4.72 Å². The summed E-state index contributed by atoms with van der Waals surface area (Å²) in [5.41, 5.74) is 1.32. The molecule has 7 nitrogen and oxygen atoms in total. The Labute approximate surface area is 178 Å². The summed E-state index contributed by atoms with van der Waals surface area (Å²) in [4.78, 5) is 11.1.